The van der Waals surface area contributed by atoms with Crippen LogP contribution in [0.5, 0.6) is 0 Å². The van der Waals surface area contributed by atoms with Crippen molar-refractivity contribution in [2.24, 2.45) is 11.8 Å². The third-order valence-electron chi connectivity index (χ3n) is 3.99. The molecule has 1 nitrogen and oxygen atoms in total. The Hall–Kier alpha value is -1.31. The summed E-state index contributed by atoms with van der Waals surface area (Å²) in [5.74, 6) is 0.739. The number of hydrogen-bond donors (Lipinski definition) is 1. The summed E-state index contributed by atoms with van der Waals surface area (Å²) in [6.45, 7) is 10.0. The van der Waals surface area contributed by atoms with E-state index in [1.165, 1.54) is 5.56 Å². The number of alkyl halides is 1. The summed E-state index contributed by atoms with van der Waals surface area (Å²) in [6.07, 6.45) is 2.59. The molecule has 1 N–H and O–H groups in total. The van der Waals surface area contributed by atoms with Gasteiger partial charge in [-0.1, -0.05) is 31.2 Å². The summed E-state index contributed by atoms with van der Waals surface area (Å²) in [7, 11) is 0. The highest BCUT2D eigenvalue weighted by molar-refractivity contribution is 5.48. The van der Waals surface area contributed by atoms with Crippen LogP contribution in [0.15, 0.2) is 36.5 Å². The minimum Gasteiger partial charge on any atom is -0.359 e. The van der Waals surface area contributed by atoms with Gasteiger partial charge < -0.3 is 5.32 Å². The summed E-state index contributed by atoms with van der Waals surface area (Å²) < 4.78 is 13.5. The molecule has 2 rings (SSSR count). The predicted octanol–water partition coefficient (Wildman–Crippen LogP) is 5.09. The molecule has 1 aliphatic rings. The Morgan fingerprint density at radius 1 is 1.47 bits per heavy atom. The van der Waals surface area contributed by atoms with Crippen molar-refractivity contribution in [3.05, 3.63) is 42.1 Å². The Labute approximate surface area is 115 Å². The lowest BCUT2D eigenvalue weighted by atomic mass is 9.98. The largest absolute Gasteiger partial charge is 0.359 e. The molecule has 0 heterocycles. The lowest BCUT2D eigenvalue weighted by Gasteiger charge is -2.15. The summed E-state index contributed by atoms with van der Waals surface area (Å²) in [5, 5.41) is 3.33. The van der Waals surface area contributed by atoms with Crippen LogP contribution in [0.25, 0.3) is 0 Å². The molecule has 0 bridgehead atoms. The molecule has 1 aromatic rings. The molecule has 0 aromatic heterocycles. The van der Waals surface area contributed by atoms with Crippen LogP contribution in [0.3, 0.4) is 0 Å². The molecule has 1 saturated carbocycles. The van der Waals surface area contributed by atoms with Gasteiger partial charge in [0.1, 0.15) is 5.67 Å². The number of hydrogen-bond acceptors (Lipinski definition) is 1. The Bertz CT molecular complexity index is 447. The number of aryl methyl sites for hydroxylation is 1. The van der Waals surface area contributed by atoms with Crippen molar-refractivity contribution in [1.29, 1.82) is 0 Å². The standard InChI is InChI=1S/C17H24FN/c1-12-5-7-16(8-6-12)19-14(3)9-13(2)10-15-11-17(15,4)18/h5-8,13,15,19H,3,9-11H2,1-2,4H3. The van der Waals surface area contributed by atoms with Gasteiger partial charge in [-0.15, -0.1) is 0 Å². The van der Waals surface area contributed by atoms with Crippen LogP contribution in [0, 0.1) is 18.8 Å². The minimum absolute atomic E-state index is 0.259. The molecule has 1 aromatic carbocycles. The smallest absolute Gasteiger partial charge is 0.111 e. The first-order chi connectivity index (χ1) is 8.87. The fourth-order valence-corrected chi connectivity index (χ4v) is 2.63. The Morgan fingerprint density at radius 2 is 2.05 bits per heavy atom. The van der Waals surface area contributed by atoms with E-state index < -0.39 is 5.67 Å². The number of allylic oxidation sites excluding steroid dienone is 1. The third-order valence-corrected chi connectivity index (χ3v) is 3.99. The van der Waals surface area contributed by atoms with Crippen molar-refractivity contribution in [2.45, 2.75) is 45.7 Å². The maximum atomic E-state index is 13.5. The molecule has 0 radical (unpaired) electrons. The first-order valence-electron chi connectivity index (χ1n) is 7.07. The molecule has 0 amide bonds. The quantitative estimate of drug-likeness (QED) is 0.752. The van der Waals surface area contributed by atoms with Crippen molar-refractivity contribution in [3.8, 4) is 0 Å². The lowest BCUT2D eigenvalue weighted by molar-refractivity contribution is 0.290. The highest BCUT2D eigenvalue weighted by Gasteiger charge is 2.50. The molecule has 0 aliphatic heterocycles. The van der Waals surface area contributed by atoms with Gasteiger partial charge in [0.25, 0.3) is 0 Å². The lowest BCUT2D eigenvalue weighted by Crippen LogP contribution is -2.07. The Balaban J connectivity index is 1.76. The van der Waals surface area contributed by atoms with E-state index in [2.05, 4.69) is 50.0 Å². The van der Waals surface area contributed by atoms with Gasteiger partial charge in [-0.2, -0.15) is 0 Å². The van der Waals surface area contributed by atoms with Gasteiger partial charge in [-0.3, -0.25) is 0 Å². The van der Waals surface area contributed by atoms with Gasteiger partial charge in [-0.25, -0.2) is 4.39 Å². The van der Waals surface area contributed by atoms with Crippen molar-refractivity contribution in [3.63, 3.8) is 0 Å². The highest BCUT2D eigenvalue weighted by Crippen LogP contribution is 2.50. The van der Waals surface area contributed by atoms with E-state index in [0.29, 0.717) is 5.92 Å². The first-order valence-corrected chi connectivity index (χ1v) is 7.07. The minimum atomic E-state index is -0.903. The summed E-state index contributed by atoms with van der Waals surface area (Å²) in [6, 6.07) is 8.28. The van der Waals surface area contributed by atoms with Crippen LogP contribution in [0.4, 0.5) is 10.1 Å². The summed E-state index contributed by atoms with van der Waals surface area (Å²) in [4.78, 5) is 0. The molecular formula is C17H24FN. The predicted molar refractivity (Wildman–Crippen MR) is 80.0 cm³/mol. The van der Waals surface area contributed by atoms with Crippen LogP contribution >= 0.6 is 0 Å². The second kappa shape index (κ2) is 5.36. The van der Waals surface area contributed by atoms with Gasteiger partial charge in [0, 0.05) is 11.4 Å². The molecule has 19 heavy (non-hydrogen) atoms. The van der Waals surface area contributed by atoms with Crippen LogP contribution < -0.4 is 5.32 Å². The molecule has 3 atom stereocenters. The number of halogens is 1. The van der Waals surface area contributed by atoms with Crippen molar-refractivity contribution in [1.82, 2.24) is 0 Å². The van der Waals surface area contributed by atoms with E-state index in [9.17, 15) is 4.39 Å². The zero-order valence-electron chi connectivity index (χ0n) is 12.2. The third kappa shape index (κ3) is 4.09. The van der Waals surface area contributed by atoms with Crippen LogP contribution in [-0.2, 0) is 0 Å². The molecule has 0 saturated heterocycles. The monoisotopic (exact) mass is 261 g/mol. The molecule has 1 fully saturated rings. The van der Waals surface area contributed by atoms with E-state index >= 15 is 0 Å². The molecule has 1 aliphatic carbocycles. The maximum Gasteiger partial charge on any atom is 0.111 e. The second-order valence-corrected chi connectivity index (χ2v) is 6.32. The van der Waals surface area contributed by atoms with E-state index in [-0.39, 0.29) is 5.92 Å². The fraction of sp³-hybridized carbons (Fsp3) is 0.529. The van der Waals surface area contributed by atoms with Crippen molar-refractivity contribution >= 4 is 5.69 Å². The number of nitrogens with one attached hydrogen (secondary N) is 1. The van der Waals surface area contributed by atoms with E-state index in [4.69, 9.17) is 0 Å². The van der Waals surface area contributed by atoms with Gasteiger partial charge in [0.2, 0.25) is 0 Å². The normalized spacial score (nSPS) is 26.8. The summed E-state index contributed by atoms with van der Waals surface area (Å²) >= 11 is 0. The topological polar surface area (TPSA) is 12.0 Å². The fourth-order valence-electron chi connectivity index (χ4n) is 2.63. The first kappa shape index (κ1) is 14.1. The molecule has 2 heteroatoms. The SMILES string of the molecule is C=C(CC(C)CC1CC1(C)F)Nc1ccc(C)cc1. The Morgan fingerprint density at radius 3 is 2.58 bits per heavy atom. The average Bonchev–Trinajstić information content (AvgIpc) is 2.88. The van der Waals surface area contributed by atoms with E-state index in [0.717, 1.165) is 30.6 Å². The maximum absolute atomic E-state index is 13.5. The molecule has 104 valence electrons. The average molecular weight is 261 g/mol. The van der Waals surface area contributed by atoms with Crippen molar-refractivity contribution in [2.75, 3.05) is 5.32 Å². The molecular weight excluding hydrogens is 237 g/mol. The molecule has 3 unspecified atom stereocenters. The molecule has 0 spiro atoms. The van der Waals surface area contributed by atoms with Crippen molar-refractivity contribution < 1.29 is 4.39 Å². The van der Waals surface area contributed by atoms with Gasteiger partial charge >= 0.3 is 0 Å². The highest BCUT2D eigenvalue weighted by atomic mass is 19.1. The van der Waals surface area contributed by atoms with Gasteiger partial charge in [0.15, 0.2) is 0 Å². The van der Waals surface area contributed by atoms with Gasteiger partial charge in [0.05, 0.1) is 0 Å². The summed E-state index contributed by atoms with van der Waals surface area (Å²) in [5.41, 5.74) is 2.43. The zero-order chi connectivity index (χ0) is 14.0. The van der Waals surface area contributed by atoms with E-state index in [1.54, 1.807) is 6.92 Å². The van der Waals surface area contributed by atoms with Crippen LogP contribution in [0.2, 0.25) is 0 Å². The van der Waals surface area contributed by atoms with Crippen LogP contribution in [-0.4, -0.2) is 5.67 Å². The number of benzene rings is 1. The number of rotatable bonds is 6. The zero-order valence-corrected chi connectivity index (χ0v) is 12.2. The second-order valence-electron chi connectivity index (χ2n) is 6.32. The Kier molecular flexibility index (Phi) is 3.98. The van der Waals surface area contributed by atoms with E-state index in [1.807, 2.05) is 0 Å². The van der Waals surface area contributed by atoms with Crippen LogP contribution in [0.1, 0.15) is 38.7 Å². The van der Waals surface area contributed by atoms with Gasteiger partial charge in [-0.05, 0) is 57.1 Å². The number of anilines is 1.